The second-order valence-corrected chi connectivity index (χ2v) is 5.53. The van der Waals surface area contributed by atoms with Crippen LogP contribution in [0.5, 0.6) is 0 Å². The summed E-state index contributed by atoms with van der Waals surface area (Å²) < 4.78 is 0. The molecule has 0 radical (unpaired) electrons. The fourth-order valence-corrected chi connectivity index (χ4v) is 2.68. The highest BCUT2D eigenvalue weighted by Gasteiger charge is 2.32. The van der Waals surface area contributed by atoms with Gasteiger partial charge in [0.15, 0.2) is 0 Å². The van der Waals surface area contributed by atoms with E-state index < -0.39 is 23.8 Å². The van der Waals surface area contributed by atoms with Crippen LogP contribution in [0.15, 0.2) is 0 Å². The Morgan fingerprint density at radius 2 is 2.05 bits per heavy atom. The van der Waals surface area contributed by atoms with Gasteiger partial charge in [-0.15, -0.1) is 0 Å². The van der Waals surface area contributed by atoms with E-state index in [9.17, 15) is 9.59 Å². The number of nitrogens with one attached hydrogen (secondary N) is 3. The van der Waals surface area contributed by atoms with Crippen LogP contribution in [0.25, 0.3) is 0 Å². The fraction of sp³-hybridized carbons (Fsp3) is 0.500. The molecule has 8 heteroatoms. The normalized spacial score (nSPS) is 22.6. The number of halogens is 2. The van der Waals surface area contributed by atoms with Gasteiger partial charge < -0.3 is 20.7 Å². The van der Waals surface area contributed by atoms with Gasteiger partial charge >= 0.3 is 5.97 Å². The second kappa shape index (κ2) is 6.03. The summed E-state index contributed by atoms with van der Waals surface area (Å²) >= 11 is 11.9. The standard InChI is InChI=1S/C12H15Cl2N3O3/c1-5-8(13)9(14)10(16-5)11(18)17-7-2-3-15-4-6(7)12(19)20/h6-7,15-16H,2-4H2,1H3,(H,17,18)(H,19,20). The van der Waals surface area contributed by atoms with E-state index in [-0.39, 0.29) is 10.7 Å². The summed E-state index contributed by atoms with van der Waals surface area (Å²) in [4.78, 5) is 26.1. The van der Waals surface area contributed by atoms with Crippen molar-refractivity contribution >= 4 is 35.1 Å². The third-order valence-corrected chi connectivity index (χ3v) is 4.34. The lowest BCUT2D eigenvalue weighted by Crippen LogP contribution is -2.52. The van der Waals surface area contributed by atoms with Gasteiger partial charge in [0.1, 0.15) is 5.69 Å². The van der Waals surface area contributed by atoms with E-state index in [1.54, 1.807) is 6.92 Å². The summed E-state index contributed by atoms with van der Waals surface area (Å²) in [5, 5.41) is 15.3. The SMILES string of the molecule is Cc1[nH]c(C(=O)NC2CCNCC2C(=O)O)c(Cl)c1Cl. The predicted molar refractivity (Wildman–Crippen MR) is 75.4 cm³/mol. The number of aryl methyl sites for hydroxylation is 1. The average Bonchev–Trinajstić information content (AvgIpc) is 2.67. The van der Waals surface area contributed by atoms with Gasteiger partial charge in [-0.1, -0.05) is 23.2 Å². The molecule has 6 nitrogen and oxygen atoms in total. The molecule has 0 bridgehead atoms. The summed E-state index contributed by atoms with van der Waals surface area (Å²) in [5.41, 5.74) is 0.763. The summed E-state index contributed by atoms with van der Waals surface area (Å²) in [5.74, 6) is -2.03. The van der Waals surface area contributed by atoms with Crippen LogP contribution in [0.1, 0.15) is 22.6 Å². The van der Waals surface area contributed by atoms with E-state index in [2.05, 4.69) is 15.6 Å². The van der Waals surface area contributed by atoms with Gasteiger partial charge in [-0.05, 0) is 19.9 Å². The minimum Gasteiger partial charge on any atom is -0.481 e. The van der Waals surface area contributed by atoms with Crippen LogP contribution in [-0.4, -0.2) is 41.1 Å². The Morgan fingerprint density at radius 1 is 1.35 bits per heavy atom. The molecule has 1 saturated heterocycles. The van der Waals surface area contributed by atoms with E-state index in [0.717, 1.165) is 0 Å². The quantitative estimate of drug-likeness (QED) is 0.677. The van der Waals surface area contributed by atoms with Crippen LogP contribution >= 0.6 is 23.2 Å². The van der Waals surface area contributed by atoms with Gasteiger partial charge in [0.2, 0.25) is 0 Å². The minimum absolute atomic E-state index is 0.155. The molecule has 1 aromatic heterocycles. The molecule has 0 saturated carbocycles. The van der Waals surface area contributed by atoms with E-state index >= 15 is 0 Å². The van der Waals surface area contributed by atoms with Crippen molar-refractivity contribution in [2.45, 2.75) is 19.4 Å². The van der Waals surface area contributed by atoms with Gasteiger partial charge in [-0.3, -0.25) is 9.59 Å². The highest BCUT2D eigenvalue weighted by molar-refractivity contribution is 6.44. The van der Waals surface area contributed by atoms with Crippen LogP contribution < -0.4 is 10.6 Å². The smallest absolute Gasteiger partial charge is 0.309 e. The monoisotopic (exact) mass is 319 g/mol. The van der Waals surface area contributed by atoms with Gasteiger partial charge in [-0.25, -0.2) is 0 Å². The van der Waals surface area contributed by atoms with Crippen LogP contribution in [0.4, 0.5) is 0 Å². The predicted octanol–water partition coefficient (Wildman–Crippen LogP) is 1.42. The van der Waals surface area contributed by atoms with Gasteiger partial charge in [0, 0.05) is 18.3 Å². The molecule has 0 aromatic carbocycles. The van der Waals surface area contributed by atoms with Crippen LogP contribution in [-0.2, 0) is 4.79 Å². The maximum atomic E-state index is 12.2. The van der Waals surface area contributed by atoms with Crippen molar-refractivity contribution in [2.75, 3.05) is 13.1 Å². The Balaban J connectivity index is 2.13. The van der Waals surface area contributed by atoms with E-state index in [1.807, 2.05) is 0 Å². The number of hydrogen-bond acceptors (Lipinski definition) is 3. The van der Waals surface area contributed by atoms with Crippen molar-refractivity contribution in [3.05, 3.63) is 21.4 Å². The average molecular weight is 320 g/mol. The number of piperidine rings is 1. The van der Waals surface area contributed by atoms with Crippen LogP contribution in [0.2, 0.25) is 10.0 Å². The topological polar surface area (TPSA) is 94.2 Å². The lowest BCUT2D eigenvalue weighted by Gasteiger charge is -2.29. The van der Waals surface area contributed by atoms with Crippen molar-refractivity contribution in [1.29, 1.82) is 0 Å². The molecule has 110 valence electrons. The number of carbonyl (C=O) groups is 2. The van der Waals surface area contributed by atoms with Crippen molar-refractivity contribution in [1.82, 2.24) is 15.6 Å². The third-order valence-electron chi connectivity index (χ3n) is 3.40. The van der Waals surface area contributed by atoms with Gasteiger partial charge in [-0.2, -0.15) is 0 Å². The summed E-state index contributed by atoms with van der Waals surface area (Å²) in [6.45, 7) is 2.70. The van der Waals surface area contributed by atoms with E-state index in [0.29, 0.717) is 30.2 Å². The number of carbonyl (C=O) groups excluding carboxylic acids is 1. The second-order valence-electron chi connectivity index (χ2n) is 4.77. The van der Waals surface area contributed by atoms with E-state index in [4.69, 9.17) is 28.3 Å². The zero-order valence-corrected chi connectivity index (χ0v) is 12.3. The highest BCUT2D eigenvalue weighted by atomic mass is 35.5. The number of rotatable bonds is 3. The molecule has 1 fully saturated rings. The lowest BCUT2D eigenvalue weighted by molar-refractivity contribution is -0.143. The first kappa shape index (κ1) is 15.2. The number of H-pyrrole nitrogens is 1. The Bertz CT molecular complexity index is 544. The minimum atomic E-state index is -0.936. The van der Waals surface area contributed by atoms with Gasteiger partial charge in [0.25, 0.3) is 5.91 Å². The first-order valence-electron chi connectivity index (χ1n) is 6.19. The Hall–Kier alpha value is -1.24. The molecule has 2 rings (SSSR count). The Kier molecular flexibility index (Phi) is 4.57. The first-order valence-corrected chi connectivity index (χ1v) is 6.95. The van der Waals surface area contributed by atoms with Gasteiger partial charge in [0.05, 0.1) is 16.0 Å². The maximum Gasteiger partial charge on any atom is 0.309 e. The van der Waals surface area contributed by atoms with Crippen molar-refractivity contribution in [3.8, 4) is 0 Å². The number of aromatic nitrogens is 1. The van der Waals surface area contributed by atoms with Crippen molar-refractivity contribution < 1.29 is 14.7 Å². The molecule has 2 unspecified atom stereocenters. The molecule has 0 spiro atoms. The molecule has 20 heavy (non-hydrogen) atoms. The van der Waals surface area contributed by atoms with Crippen molar-refractivity contribution in [3.63, 3.8) is 0 Å². The zero-order chi connectivity index (χ0) is 14.9. The van der Waals surface area contributed by atoms with Crippen LogP contribution in [0, 0.1) is 12.8 Å². The van der Waals surface area contributed by atoms with E-state index in [1.165, 1.54) is 0 Å². The Morgan fingerprint density at radius 3 is 2.60 bits per heavy atom. The maximum absolute atomic E-state index is 12.2. The molecule has 2 heterocycles. The summed E-state index contributed by atoms with van der Waals surface area (Å²) in [7, 11) is 0. The molecular formula is C12H15Cl2N3O3. The first-order chi connectivity index (χ1) is 9.41. The van der Waals surface area contributed by atoms with Crippen LogP contribution in [0.3, 0.4) is 0 Å². The molecule has 2 atom stereocenters. The largest absolute Gasteiger partial charge is 0.481 e. The molecule has 1 aliphatic rings. The summed E-state index contributed by atoms with van der Waals surface area (Å²) in [6, 6.07) is -0.431. The highest BCUT2D eigenvalue weighted by Crippen LogP contribution is 2.29. The molecule has 0 aliphatic carbocycles. The molecule has 1 aliphatic heterocycles. The number of aliphatic carboxylic acids is 1. The number of carboxylic acids is 1. The molecular weight excluding hydrogens is 305 g/mol. The number of amides is 1. The number of aromatic amines is 1. The Labute approximate surface area is 125 Å². The lowest BCUT2D eigenvalue weighted by atomic mass is 9.93. The number of hydrogen-bond donors (Lipinski definition) is 4. The third kappa shape index (κ3) is 2.92. The summed E-state index contributed by atoms with van der Waals surface area (Å²) in [6.07, 6.45) is 0.549. The fourth-order valence-electron chi connectivity index (χ4n) is 2.26. The number of carboxylic acid groups (broad SMARTS) is 1. The zero-order valence-electron chi connectivity index (χ0n) is 10.8. The molecule has 4 N–H and O–H groups in total. The molecule has 1 amide bonds. The molecule has 1 aromatic rings. The van der Waals surface area contributed by atoms with Crippen molar-refractivity contribution in [2.24, 2.45) is 5.92 Å².